The van der Waals surface area contributed by atoms with Crippen molar-refractivity contribution in [3.8, 4) is 11.5 Å². The first-order chi connectivity index (χ1) is 10.9. The van der Waals surface area contributed by atoms with E-state index in [-0.39, 0.29) is 23.7 Å². The Balaban J connectivity index is 2.24. The van der Waals surface area contributed by atoms with Gasteiger partial charge in [-0.3, -0.25) is 0 Å². The van der Waals surface area contributed by atoms with Crippen molar-refractivity contribution in [2.75, 3.05) is 14.1 Å². The molecule has 0 saturated heterocycles. The molecular weight excluding hydrogens is 256 g/mol. The molecule has 0 aliphatic rings. The molecule has 0 aliphatic carbocycles. The van der Waals surface area contributed by atoms with Gasteiger partial charge in [0.25, 0.3) is 0 Å². The van der Waals surface area contributed by atoms with Crippen LogP contribution in [0.5, 0.6) is 11.5 Å². The average Bonchev–Trinajstić information content (AvgIpc) is 2.52. The Kier molecular flexibility index (Phi) is 3.41. The van der Waals surface area contributed by atoms with Crippen LogP contribution in [0.4, 0.5) is 0 Å². The van der Waals surface area contributed by atoms with E-state index in [0.717, 1.165) is 5.56 Å². The molecule has 0 saturated carbocycles. The highest BCUT2D eigenvalue weighted by Crippen LogP contribution is 2.29. The van der Waals surface area contributed by atoms with E-state index in [9.17, 15) is 4.79 Å². The average molecular weight is 275 g/mol. The topological polar surface area (TPSA) is 44.8 Å². The molecule has 0 atom stereocenters. The molecule has 2 aromatic rings. The summed E-state index contributed by atoms with van der Waals surface area (Å²) in [4.78, 5) is 11.6. The van der Waals surface area contributed by atoms with Crippen LogP contribution in [0.2, 0.25) is 0 Å². The molecule has 0 aliphatic heterocycles. The van der Waals surface area contributed by atoms with Crippen molar-refractivity contribution in [3.63, 3.8) is 0 Å². The summed E-state index contributed by atoms with van der Waals surface area (Å²) >= 11 is 0. The van der Waals surface area contributed by atoms with Gasteiger partial charge in [0.15, 0.2) is 11.5 Å². The van der Waals surface area contributed by atoms with E-state index in [1.165, 1.54) is 25.3 Å². The van der Waals surface area contributed by atoms with E-state index in [1.54, 1.807) is 0 Å². The van der Waals surface area contributed by atoms with Gasteiger partial charge < -0.3 is 14.2 Å². The molecule has 0 fully saturated rings. The van der Waals surface area contributed by atoms with E-state index in [1.807, 2.05) is 30.3 Å². The van der Waals surface area contributed by atoms with Gasteiger partial charge >= 0.3 is 5.97 Å². The number of benzene rings is 2. The van der Waals surface area contributed by atoms with Crippen LogP contribution in [0, 0.1) is 0 Å². The van der Waals surface area contributed by atoms with Gasteiger partial charge in [-0.15, -0.1) is 0 Å². The third-order valence-electron chi connectivity index (χ3n) is 2.71. The maximum Gasteiger partial charge on any atom is 0.337 e. The van der Waals surface area contributed by atoms with Crippen LogP contribution >= 0.6 is 0 Å². The maximum atomic E-state index is 11.6. The molecule has 4 nitrogen and oxygen atoms in total. The van der Waals surface area contributed by atoms with Crippen molar-refractivity contribution in [2.45, 2.75) is 6.61 Å². The Morgan fingerprint density at radius 1 is 1.15 bits per heavy atom. The van der Waals surface area contributed by atoms with Gasteiger partial charge in [0.2, 0.25) is 0 Å². The second-order valence-electron chi connectivity index (χ2n) is 4.03. The smallest absolute Gasteiger partial charge is 0.337 e. The van der Waals surface area contributed by atoms with Gasteiger partial charge in [0.1, 0.15) is 6.61 Å². The second kappa shape index (κ2) is 6.61. The largest absolute Gasteiger partial charge is 0.493 e. The fraction of sp³-hybridized carbons (Fsp3) is 0.188. The molecule has 0 bridgehead atoms. The molecule has 0 aromatic heterocycles. The molecule has 2 aromatic carbocycles. The zero-order valence-corrected chi connectivity index (χ0v) is 11.0. The molecule has 0 heterocycles. The first kappa shape index (κ1) is 10.3. The molecule has 2 rings (SSSR count). The van der Waals surface area contributed by atoms with E-state index >= 15 is 0 Å². The van der Waals surface area contributed by atoms with Crippen LogP contribution in [-0.2, 0) is 11.3 Å². The summed E-state index contributed by atoms with van der Waals surface area (Å²) in [7, 11) is -1.41. The number of hydrogen-bond acceptors (Lipinski definition) is 4. The van der Waals surface area contributed by atoms with Crippen LogP contribution in [0.1, 0.15) is 20.0 Å². The van der Waals surface area contributed by atoms with Crippen LogP contribution in [0.25, 0.3) is 0 Å². The van der Waals surface area contributed by atoms with E-state index in [0.29, 0.717) is 0 Å². The van der Waals surface area contributed by atoms with Gasteiger partial charge in [-0.2, -0.15) is 0 Å². The number of esters is 1. The first-order valence-corrected chi connectivity index (χ1v) is 5.97. The second-order valence-corrected chi connectivity index (χ2v) is 4.03. The molecule has 0 unspecified atom stereocenters. The first-order valence-electron chi connectivity index (χ1n) is 7.47. The fourth-order valence-corrected chi connectivity index (χ4v) is 1.69. The van der Waals surface area contributed by atoms with Crippen LogP contribution in [-0.4, -0.2) is 20.1 Å². The predicted molar refractivity (Wildman–Crippen MR) is 75.1 cm³/mol. The number of methoxy groups -OCH3 is 2. The molecule has 0 spiro atoms. The minimum absolute atomic E-state index is 0.0381. The lowest BCUT2D eigenvalue weighted by Crippen LogP contribution is -2.03. The van der Waals surface area contributed by atoms with Gasteiger partial charge in [-0.05, 0) is 23.8 Å². The minimum atomic E-state index is -2.65. The van der Waals surface area contributed by atoms with Crippen LogP contribution < -0.4 is 9.47 Å². The number of carbonyl (C=O) groups excluding carboxylic acids is 1. The number of carbonyl (C=O) groups is 1. The molecule has 104 valence electrons. The Morgan fingerprint density at radius 3 is 2.65 bits per heavy atom. The number of hydrogen-bond donors (Lipinski definition) is 0. The van der Waals surface area contributed by atoms with Crippen molar-refractivity contribution in [2.24, 2.45) is 0 Å². The lowest BCUT2D eigenvalue weighted by molar-refractivity contribution is 0.0600. The summed E-state index contributed by atoms with van der Waals surface area (Å²) in [6, 6.07) is 13.7. The molecule has 0 radical (unpaired) electrons. The highest BCUT2D eigenvalue weighted by molar-refractivity contribution is 5.90. The molecule has 0 N–H and O–H groups in total. The molecule has 4 heteroatoms. The quantitative estimate of drug-likeness (QED) is 0.787. The standard InChI is InChI=1S/C16H16O4/c1-18-15-10-13(16(17)19-2)8-9-14(15)20-11-12-6-4-3-5-7-12/h3-10H,11H2,1-2H3/i1D3. The minimum Gasteiger partial charge on any atom is -0.493 e. The van der Waals surface area contributed by atoms with Gasteiger partial charge in [-0.1, -0.05) is 30.3 Å². The molecular formula is C16H16O4. The lowest BCUT2D eigenvalue weighted by Gasteiger charge is -2.11. The van der Waals surface area contributed by atoms with Gasteiger partial charge in [0, 0.05) is 0 Å². The molecule has 0 amide bonds. The summed E-state index contributed by atoms with van der Waals surface area (Å²) in [5.74, 6) is -0.392. The SMILES string of the molecule is [2H]C([2H])([2H])Oc1cc(C(=O)OC)ccc1OCc1ccccc1. The van der Waals surface area contributed by atoms with Crippen molar-refractivity contribution in [1.29, 1.82) is 0 Å². The summed E-state index contributed by atoms with van der Waals surface area (Å²) in [6.07, 6.45) is 0. The Hall–Kier alpha value is -2.49. The van der Waals surface area contributed by atoms with E-state index in [4.69, 9.17) is 13.6 Å². The van der Waals surface area contributed by atoms with Crippen molar-refractivity contribution < 1.29 is 23.1 Å². The van der Waals surface area contributed by atoms with E-state index < -0.39 is 13.0 Å². The Labute approximate surface area is 122 Å². The third-order valence-corrected chi connectivity index (χ3v) is 2.71. The van der Waals surface area contributed by atoms with Crippen LogP contribution in [0.15, 0.2) is 48.5 Å². The highest BCUT2D eigenvalue weighted by atomic mass is 16.5. The fourth-order valence-electron chi connectivity index (χ4n) is 1.69. The van der Waals surface area contributed by atoms with Crippen molar-refractivity contribution >= 4 is 5.97 Å². The zero-order valence-electron chi connectivity index (χ0n) is 14.0. The summed E-state index contributed by atoms with van der Waals surface area (Å²) in [5, 5.41) is 0. The number of rotatable bonds is 5. The summed E-state index contributed by atoms with van der Waals surface area (Å²) in [6.45, 7) is 0.246. The predicted octanol–water partition coefficient (Wildman–Crippen LogP) is 3.06. The normalized spacial score (nSPS) is 12.8. The molecule has 20 heavy (non-hydrogen) atoms. The van der Waals surface area contributed by atoms with Crippen molar-refractivity contribution in [3.05, 3.63) is 59.7 Å². The maximum absolute atomic E-state index is 11.6. The zero-order chi connectivity index (χ0) is 16.9. The number of ether oxygens (including phenoxy) is 3. The Morgan fingerprint density at radius 2 is 1.95 bits per heavy atom. The van der Waals surface area contributed by atoms with Gasteiger partial charge in [-0.25, -0.2) is 4.79 Å². The van der Waals surface area contributed by atoms with Gasteiger partial charge in [0.05, 0.1) is 23.8 Å². The summed E-state index contributed by atoms with van der Waals surface area (Å²) in [5.41, 5.74) is 1.10. The van der Waals surface area contributed by atoms with E-state index in [2.05, 4.69) is 4.74 Å². The third kappa shape index (κ3) is 3.29. The Bertz CT molecular complexity index is 669. The van der Waals surface area contributed by atoms with Crippen molar-refractivity contribution in [1.82, 2.24) is 0 Å². The highest BCUT2D eigenvalue weighted by Gasteiger charge is 2.11. The monoisotopic (exact) mass is 275 g/mol. The van der Waals surface area contributed by atoms with Crippen LogP contribution in [0.3, 0.4) is 0 Å². The lowest BCUT2D eigenvalue weighted by atomic mass is 10.2. The summed E-state index contributed by atoms with van der Waals surface area (Å²) < 4.78 is 36.8.